The highest BCUT2D eigenvalue weighted by Crippen LogP contribution is 2.37. The standard InChI is InChI=1S/C17H21NO5S/c1-11-5-7-13(8-6-11)24(20,21)18-15-10-17(23-4)16(22-3)9-14(15)12(2)19/h5-10,12,18-19H,1-4H3/t12-/m0/s1. The molecule has 0 radical (unpaired) electrons. The van der Waals surface area contributed by atoms with Gasteiger partial charge in [-0.3, -0.25) is 4.72 Å². The van der Waals surface area contributed by atoms with Crippen molar-refractivity contribution in [2.24, 2.45) is 0 Å². The number of aliphatic hydroxyl groups excluding tert-OH is 1. The molecule has 2 N–H and O–H groups in total. The van der Waals surface area contributed by atoms with E-state index in [9.17, 15) is 13.5 Å². The molecule has 0 bridgehead atoms. The summed E-state index contributed by atoms with van der Waals surface area (Å²) in [6.45, 7) is 3.43. The second kappa shape index (κ2) is 7.11. The summed E-state index contributed by atoms with van der Waals surface area (Å²) in [4.78, 5) is 0.138. The zero-order chi connectivity index (χ0) is 17.9. The molecule has 0 fully saturated rings. The molecule has 130 valence electrons. The lowest BCUT2D eigenvalue weighted by atomic mass is 10.1. The van der Waals surface area contributed by atoms with Crippen LogP contribution in [-0.2, 0) is 10.0 Å². The molecule has 0 amide bonds. The molecule has 2 aromatic rings. The number of aliphatic hydroxyl groups is 1. The van der Waals surface area contributed by atoms with Gasteiger partial charge < -0.3 is 14.6 Å². The fraction of sp³-hybridized carbons (Fsp3) is 0.294. The van der Waals surface area contributed by atoms with Gasteiger partial charge in [0.15, 0.2) is 11.5 Å². The molecular weight excluding hydrogens is 330 g/mol. The smallest absolute Gasteiger partial charge is 0.261 e. The number of hydrogen-bond donors (Lipinski definition) is 2. The van der Waals surface area contributed by atoms with E-state index in [1.807, 2.05) is 6.92 Å². The largest absolute Gasteiger partial charge is 0.493 e. The molecule has 0 heterocycles. The van der Waals surface area contributed by atoms with Crippen LogP contribution in [0.2, 0.25) is 0 Å². The molecule has 2 rings (SSSR count). The third-order valence-electron chi connectivity index (χ3n) is 3.58. The van der Waals surface area contributed by atoms with E-state index in [0.29, 0.717) is 17.1 Å². The van der Waals surface area contributed by atoms with E-state index in [2.05, 4.69) is 4.72 Å². The van der Waals surface area contributed by atoms with E-state index < -0.39 is 16.1 Å². The first-order chi connectivity index (χ1) is 11.3. The van der Waals surface area contributed by atoms with Crippen molar-refractivity contribution >= 4 is 15.7 Å². The van der Waals surface area contributed by atoms with Crippen molar-refractivity contribution in [1.82, 2.24) is 0 Å². The van der Waals surface area contributed by atoms with Crippen molar-refractivity contribution in [3.8, 4) is 11.5 Å². The lowest BCUT2D eigenvalue weighted by Crippen LogP contribution is -2.15. The van der Waals surface area contributed by atoms with Crippen molar-refractivity contribution in [2.45, 2.75) is 24.8 Å². The van der Waals surface area contributed by atoms with Gasteiger partial charge >= 0.3 is 0 Å². The number of ether oxygens (including phenoxy) is 2. The maximum absolute atomic E-state index is 12.6. The van der Waals surface area contributed by atoms with Gasteiger partial charge in [-0.2, -0.15) is 0 Å². The normalized spacial score (nSPS) is 12.5. The van der Waals surface area contributed by atoms with Crippen molar-refractivity contribution in [3.63, 3.8) is 0 Å². The van der Waals surface area contributed by atoms with Crippen LogP contribution in [0, 0.1) is 6.92 Å². The van der Waals surface area contributed by atoms with Gasteiger partial charge in [0.25, 0.3) is 10.0 Å². The summed E-state index contributed by atoms with van der Waals surface area (Å²) < 4.78 is 38.1. The first-order valence-electron chi connectivity index (χ1n) is 7.32. The van der Waals surface area contributed by atoms with E-state index in [4.69, 9.17) is 9.47 Å². The first-order valence-corrected chi connectivity index (χ1v) is 8.80. The van der Waals surface area contributed by atoms with Crippen LogP contribution < -0.4 is 14.2 Å². The molecule has 1 atom stereocenters. The number of benzene rings is 2. The Labute approximate surface area is 142 Å². The van der Waals surface area contributed by atoms with Crippen molar-refractivity contribution in [1.29, 1.82) is 0 Å². The number of methoxy groups -OCH3 is 2. The van der Waals surface area contributed by atoms with Gasteiger partial charge in [-0.05, 0) is 32.0 Å². The summed E-state index contributed by atoms with van der Waals surface area (Å²) in [5, 5.41) is 9.96. The topological polar surface area (TPSA) is 84.9 Å². The Bertz CT molecular complexity index is 814. The third kappa shape index (κ3) is 3.80. The zero-order valence-corrected chi connectivity index (χ0v) is 14.8. The maximum atomic E-state index is 12.6. The molecule has 24 heavy (non-hydrogen) atoms. The number of nitrogens with one attached hydrogen (secondary N) is 1. The molecule has 0 unspecified atom stereocenters. The second-order valence-corrected chi connectivity index (χ2v) is 7.07. The van der Waals surface area contributed by atoms with Gasteiger partial charge in [-0.15, -0.1) is 0 Å². The van der Waals surface area contributed by atoms with Gasteiger partial charge in [-0.1, -0.05) is 17.7 Å². The minimum atomic E-state index is -3.79. The van der Waals surface area contributed by atoms with Crippen molar-refractivity contribution in [3.05, 3.63) is 47.5 Å². The molecule has 0 aromatic heterocycles. The van der Waals surface area contributed by atoms with E-state index in [-0.39, 0.29) is 10.6 Å². The van der Waals surface area contributed by atoms with E-state index in [0.717, 1.165) is 5.56 Å². The summed E-state index contributed by atoms with van der Waals surface area (Å²) in [6.07, 6.45) is -0.888. The highest BCUT2D eigenvalue weighted by molar-refractivity contribution is 7.92. The van der Waals surface area contributed by atoms with Crippen LogP contribution in [0.5, 0.6) is 11.5 Å². The Morgan fingerprint density at radius 1 is 1.04 bits per heavy atom. The summed E-state index contributed by atoms with van der Waals surface area (Å²) in [6, 6.07) is 9.54. The van der Waals surface area contributed by atoms with E-state index in [1.165, 1.54) is 32.4 Å². The van der Waals surface area contributed by atoms with Gasteiger partial charge in [0, 0.05) is 11.6 Å². The van der Waals surface area contributed by atoms with Gasteiger partial charge in [0.05, 0.1) is 30.9 Å². The average Bonchev–Trinajstić information content (AvgIpc) is 2.54. The monoisotopic (exact) mass is 351 g/mol. The van der Waals surface area contributed by atoms with Crippen LogP contribution in [0.1, 0.15) is 24.2 Å². The fourth-order valence-corrected chi connectivity index (χ4v) is 3.33. The average molecular weight is 351 g/mol. The first kappa shape index (κ1) is 18.1. The van der Waals surface area contributed by atoms with Crippen LogP contribution in [0.3, 0.4) is 0 Å². The van der Waals surface area contributed by atoms with Gasteiger partial charge in [0.2, 0.25) is 0 Å². The Kier molecular flexibility index (Phi) is 5.36. The Morgan fingerprint density at radius 2 is 1.58 bits per heavy atom. The number of rotatable bonds is 6. The summed E-state index contributed by atoms with van der Waals surface area (Å²) in [5.74, 6) is 0.773. The number of anilines is 1. The SMILES string of the molecule is COc1cc(NS(=O)(=O)c2ccc(C)cc2)c([C@H](C)O)cc1OC. The predicted octanol–water partition coefficient (Wildman–Crippen LogP) is 2.87. The Morgan fingerprint density at radius 3 is 2.08 bits per heavy atom. The van der Waals surface area contributed by atoms with Crippen molar-refractivity contribution in [2.75, 3.05) is 18.9 Å². The van der Waals surface area contributed by atoms with Crippen LogP contribution in [-0.4, -0.2) is 27.7 Å². The lowest BCUT2D eigenvalue weighted by molar-refractivity contribution is 0.199. The summed E-state index contributed by atoms with van der Waals surface area (Å²) in [7, 11) is -0.860. The summed E-state index contributed by atoms with van der Waals surface area (Å²) in [5.41, 5.74) is 1.59. The molecule has 0 aliphatic carbocycles. The number of hydrogen-bond acceptors (Lipinski definition) is 5. The predicted molar refractivity (Wildman–Crippen MR) is 92.2 cm³/mol. The van der Waals surface area contributed by atoms with Gasteiger partial charge in [0.1, 0.15) is 0 Å². The van der Waals surface area contributed by atoms with Crippen LogP contribution >= 0.6 is 0 Å². The Hall–Kier alpha value is -2.25. The Balaban J connectivity index is 2.49. The number of sulfonamides is 1. The quantitative estimate of drug-likeness (QED) is 0.836. The lowest BCUT2D eigenvalue weighted by Gasteiger charge is -2.18. The molecular formula is C17H21NO5S. The maximum Gasteiger partial charge on any atom is 0.261 e. The van der Waals surface area contributed by atoms with Crippen LogP contribution in [0.4, 0.5) is 5.69 Å². The highest BCUT2D eigenvalue weighted by atomic mass is 32.2. The third-order valence-corrected chi connectivity index (χ3v) is 4.96. The minimum absolute atomic E-state index is 0.138. The molecule has 0 saturated carbocycles. The summed E-state index contributed by atoms with van der Waals surface area (Å²) >= 11 is 0. The minimum Gasteiger partial charge on any atom is -0.493 e. The molecule has 2 aromatic carbocycles. The second-order valence-electron chi connectivity index (χ2n) is 5.39. The zero-order valence-electron chi connectivity index (χ0n) is 14.0. The fourth-order valence-electron chi connectivity index (χ4n) is 2.25. The number of aryl methyl sites for hydroxylation is 1. The van der Waals surface area contributed by atoms with E-state index in [1.54, 1.807) is 25.1 Å². The molecule has 0 aliphatic rings. The van der Waals surface area contributed by atoms with Crippen LogP contribution in [0.25, 0.3) is 0 Å². The van der Waals surface area contributed by atoms with Crippen molar-refractivity contribution < 1.29 is 23.0 Å². The highest BCUT2D eigenvalue weighted by Gasteiger charge is 2.20. The van der Waals surface area contributed by atoms with Crippen LogP contribution in [0.15, 0.2) is 41.3 Å². The molecule has 0 aliphatic heterocycles. The van der Waals surface area contributed by atoms with E-state index >= 15 is 0 Å². The molecule has 7 heteroatoms. The molecule has 0 spiro atoms. The van der Waals surface area contributed by atoms with Gasteiger partial charge in [-0.25, -0.2) is 8.42 Å². The molecule has 0 saturated heterocycles. The molecule has 6 nitrogen and oxygen atoms in total.